The molecule has 0 aliphatic carbocycles. The van der Waals surface area contributed by atoms with E-state index in [1.165, 1.54) is 4.68 Å². The Morgan fingerprint density at radius 1 is 1.53 bits per heavy atom. The zero-order valence-electron chi connectivity index (χ0n) is 9.88. The van der Waals surface area contributed by atoms with Crippen molar-refractivity contribution >= 4 is 22.7 Å². The van der Waals surface area contributed by atoms with Crippen LogP contribution in [0.4, 0.5) is 10.5 Å². The average molecular weight is 233 g/mol. The Balaban J connectivity index is 2.27. The van der Waals surface area contributed by atoms with E-state index in [9.17, 15) is 4.79 Å². The predicted molar refractivity (Wildman–Crippen MR) is 65.7 cm³/mol. The summed E-state index contributed by atoms with van der Waals surface area (Å²) < 4.78 is 6.36. The van der Waals surface area contributed by atoms with E-state index in [0.717, 1.165) is 5.39 Å². The van der Waals surface area contributed by atoms with E-state index >= 15 is 0 Å². The number of fused-ring (bicyclic) bond motifs is 1. The Hall–Kier alpha value is -2.04. The number of carbonyl (C=O) groups is 1. The third-order valence-corrected chi connectivity index (χ3v) is 2.31. The van der Waals surface area contributed by atoms with Crippen LogP contribution in [0.3, 0.4) is 0 Å². The van der Waals surface area contributed by atoms with Gasteiger partial charge in [-0.1, -0.05) is 13.8 Å². The molecule has 0 spiro atoms. The van der Waals surface area contributed by atoms with Gasteiger partial charge in [0.15, 0.2) is 0 Å². The minimum Gasteiger partial charge on any atom is -0.448 e. The van der Waals surface area contributed by atoms with E-state index in [-0.39, 0.29) is 0 Å². The molecule has 0 bridgehead atoms. The van der Waals surface area contributed by atoms with Crippen LogP contribution in [0.1, 0.15) is 13.8 Å². The summed E-state index contributed by atoms with van der Waals surface area (Å²) in [7, 11) is 0. The Bertz CT molecular complexity index is 546. The van der Waals surface area contributed by atoms with E-state index in [1.54, 1.807) is 24.4 Å². The molecule has 2 N–H and O–H groups in total. The molecular formula is C12H15N3O2. The lowest BCUT2D eigenvalue weighted by Crippen LogP contribution is -2.17. The predicted octanol–water partition coefficient (Wildman–Crippen LogP) is 2.26. The molecular weight excluding hydrogens is 218 g/mol. The highest BCUT2D eigenvalue weighted by atomic mass is 16.6. The van der Waals surface area contributed by atoms with Gasteiger partial charge in [0.2, 0.25) is 0 Å². The van der Waals surface area contributed by atoms with E-state index in [0.29, 0.717) is 23.7 Å². The summed E-state index contributed by atoms with van der Waals surface area (Å²) in [6.07, 6.45) is 1.14. The summed E-state index contributed by atoms with van der Waals surface area (Å²) in [6.45, 7) is 4.35. The fourth-order valence-corrected chi connectivity index (χ4v) is 1.50. The molecule has 0 saturated carbocycles. The highest BCUT2D eigenvalue weighted by Crippen LogP contribution is 2.17. The molecule has 5 heteroatoms. The first-order chi connectivity index (χ1) is 8.08. The number of carbonyl (C=O) groups excluding carboxylic acids is 1. The zero-order valence-corrected chi connectivity index (χ0v) is 9.88. The minimum atomic E-state index is -0.460. The lowest BCUT2D eigenvalue weighted by Gasteiger charge is -2.07. The van der Waals surface area contributed by atoms with E-state index < -0.39 is 6.09 Å². The van der Waals surface area contributed by atoms with Gasteiger partial charge in [0.25, 0.3) is 0 Å². The summed E-state index contributed by atoms with van der Waals surface area (Å²) in [5.41, 5.74) is 7.00. The number of nitrogen functional groups attached to an aromatic ring is 1. The van der Waals surface area contributed by atoms with Gasteiger partial charge >= 0.3 is 6.09 Å². The van der Waals surface area contributed by atoms with Crippen molar-refractivity contribution in [3.05, 3.63) is 24.4 Å². The maximum absolute atomic E-state index is 11.8. The smallest absolute Gasteiger partial charge is 0.435 e. The molecule has 5 nitrogen and oxygen atoms in total. The van der Waals surface area contributed by atoms with E-state index in [4.69, 9.17) is 10.5 Å². The van der Waals surface area contributed by atoms with Gasteiger partial charge < -0.3 is 10.5 Å². The summed E-state index contributed by atoms with van der Waals surface area (Å²) >= 11 is 0. The van der Waals surface area contributed by atoms with Crippen LogP contribution < -0.4 is 5.73 Å². The molecule has 0 amide bonds. The van der Waals surface area contributed by atoms with E-state index in [1.807, 2.05) is 13.8 Å². The van der Waals surface area contributed by atoms with Crippen LogP contribution >= 0.6 is 0 Å². The first-order valence-corrected chi connectivity index (χ1v) is 5.48. The van der Waals surface area contributed by atoms with Gasteiger partial charge in [0.1, 0.15) is 0 Å². The molecule has 90 valence electrons. The van der Waals surface area contributed by atoms with Crippen LogP contribution in [0.5, 0.6) is 0 Å². The van der Waals surface area contributed by atoms with Crippen molar-refractivity contribution in [2.75, 3.05) is 12.3 Å². The number of hydrogen-bond donors (Lipinski definition) is 1. The number of rotatable bonds is 2. The Labute approximate surface area is 99.2 Å². The number of ether oxygens (including phenoxy) is 1. The maximum atomic E-state index is 11.8. The highest BCUT2D eigenvalue weighted by molar-refractivity contribution is 5.89. The molecule has 1 heterocycles. The second kappa shape index (κ2) is 4.45. The molecule has 17 heavy (non-hydrogen) atoms. The monoisotopic (exact) mass is 233 g/mol. The summed E-state index contributed by atoms with van der Waals surface area (Å²) in [5, 5.41) is 4.83. The molecule has 0 radical (unpaired) electrons. The third kappa shape index (κ3) is 2.38. The van der Waals surface area contributed by atoms with E-state index in [2.05, 4.69) is 5.10 Å². The molecule has 1 aromatic heterocycles. The number of anilines is 1. The van der Waals surface area contributed by atoms with Gasteiger partial charge in [0.05, 0.1) is 18.3 Å². The van der Waals surface area contributed by atoms with Gasteiger partial charge in [0, 0.05) is 11.1 Å². The minimum absolute atomic E-state index is 0.302. The van der Waals surface area contributed by atoms with Gasteiger partial charge in [-0.15, -0.1) is 0 Å². The topological polar surface area (TPSA) is 70.1 Å². The van der Waals surface area contributed by atoms with Crippen molar-refractivity contribution in [1.82, 2.24) is 9.78 Å². The lowest BCUT2D eigenvalue weighted by atomic mass is 10.2. The molecule has 0 aliphatic heterocycles. The summed E-state index contributed by atoms with van der Waals surface area (Å²) in [5.74, 6) is 0.302. The van der Waals surface area contributed by atoms with Crippen LogP contribution in [0.2, 0.25) is 0 Å². The molecule has 2 aromatic rings. The normalized spacial score (nSPS) is 11.0. The Kier molecular flexibility index (Phi) is 2.99. The average Bonchev–Trinajstić information content (AvgIpc) is 2.68. The van der Waals surface area contributed by atoms with Crippen molar-refractivity contribution in [3.63, 3.8) is 0 Å². The zero-order chi connectivity index (χ0) is 12.4. The molecule has 0 aliphatic rings. The largest absolute Gasteiger partial charge is 0.448 e. The van der Waals surface area contributed by atoms with Crippen LogP contribution in [0, 0.1) is 5.92 Å². The first-order valence-electron chi connectivity index (χ1n) is 5.48. The van der Waals surface area contributed by atoms with Crippen molar-refractivity contribution in [1.29, 1.82) is 0 Å². The maximum Gasteiger partial charge on any atom is 0.435 e. The van der Waals surface area contributed by atoms with Gasteiger partial charge in [-0.3, -0.25) is 0 Å². The molecule has 1 aromatic carbocycles. The first kappa shape index (κ1) is 11.4. The second-order valence-electron chi connectivity index (χ2n) is 4.35. The standard InChI is InChI=1S/C12H15N3O2/c1-8(2)7-17-12(16)15-11-4-3-10(13)5-9(11)6-14-15/h3-6,8H,7,13H2,1-2H3. The van der Waals surface area contributed by atoms with Crippen molar-refractivity contribution < 1.29 is 9.53 Å². The third-order valence-electron chi connectivity index (χ3n) is 2.31. The number of nitrogens with two attached hydrogens (primary N) is 1. The Morgan fingerprint density at radius 3 is 3.00 bits per heavy atom. The lowest BCUT2D eigenvalue weighted by molar-refractivity contribution is 0.132. The summed E-state index contributed by atoms with van der Waals surface area (Å²) in [6, 6.07) is 5.26. The van der Waals surface area contributed by atoms with Crippen molar-refractivity contribution in [3.8, 4) is 0 Å². The van der Waals surface area contributed by atoms with Crippen LogP contribution in [0.15, 0.2) is 24.4 Å². The van der Waals surface area contributed by atoms with Gasteiger partial charge in [-0.05, 0) is 24.1 Å². The second-order valence-corrected chi connectivity index (χ2v) is 4.35. The number of aromatic nitrogens is 2. The highest BCUT2D eigenvalue weighted by Gasteiger charge is 2.12. The Morgan fingerprint density at radius 2 is 2.29 bits per heavy atom. The van der Waals surface area contributed by atoms with Gasteiger partial charge in [-0.2, -0.15) is 9.78 Å². The summed E-state index contributed by atoms with van der Waals surface area (Å²) in [4.78, 5) is 11.8. The quantitative estimate of drug-likeness (QED) is 0.808. The number of nitrogens with zero attached hydrogens (tertiary/aromatic N) is 2. The molecule has 2 rings (SSSR count). The number of benzene rings is 1. The molecule has 0 unspecified atom stereocenters. The van der Waals surface area contributed by atoms with Crippen LogP contribution in [-0.4, -0.2) is 22.5 Å². The SMILES string of the molecule is CC(C)COC(=O)n1ncc2cc(N)ccc21. The van der Waals surface area contributed by atoms with Gasteiger partial charge in [-0.25, -0.2) is 4.79 Å². The fourth-order valence-electron chi connectivity index (χ4n) is 1.50. The van der Waals surface area contributed by atoms with Crippen molar-refractivity contribution in [2.45, 2.75) is 13.8 Å². The molecule has 0 fully saturated rings. The molecule has 0 saturated heterocycles. The fraction of sp³-hybridized carbons (Fsp3) is 0.333. The number of hydrogen-bond acceptors (Lipinski definition) is 4. The van der Waals surface area contributed by atoms with Crippen LogP contribution in [-0.2, 0) is 4.74 Å². The van der Waals surface area contributed by atoms with Crippen LogP contribution in [0.25, 0.3) is 10.9 Å². The van der Waals surface area contributed by atoms with Crippen molar-refractivity contribution in [2.24, 2.45) is 5.92 Å². The molecule has 0 atom stereocenters.